The Kier molecular flexibility index (Phi) is 4.19. The van der Waals surface area contributed by atoms with Crippen molar-refractivity contribution >= 4 is 12.6 Å². The summed E-state index contributed by atoms with van der Waals surface area (Å²) in [6.07, 6.45) is 4.42. The minimum absolute atomic E-state index is 0.0415. The van der Waals surface area contributed by atoms with Crippen molar-refractivity contribution in [3.63, 3.8) is 0 Å². The van der Waals surface area contributed by atoms with Crippen LogP contribution in [0, 0.1) is 0 Å². The van der Waals surface area contributed by atoms with Crippen molar-refractivity contribution in [2.45, 2.75) is 18.8 Å². The maximum absolute atomic E-state index is 12.9. The van der Waals surface area contributed by atoms with Gasteiger partial charge in [-0.2, -0.15) is 12.6 Å². The number of hydrogen-bond acceptors (Lipinski definition) is 2. The summed E-state index contributed by atoms with van der Waals surface area (Å²) in [5.74, 6) is -1.81. The normalized spacial score (nSPS) is 23.9. The van der Waals surface area contributed by atoms with E-state index < -0.39 is 5.92 Å². The Balaban J connectivity index is 2.30. The average Bonchev–Trinajstić information content (AvgIpc) is 2.03. The van der Waals surface area contributed by atoms with E-state index in [2.05, 4.69) is 12.6 Å². The van der Waals surface area contributed by atoms with Gasteiger partial charge in [-0.15, -0.1) is 0 Å². The summed E-state index contributed by atoms with van der Waals surface area (Å²) >= 11 is 4.00. The third kappa shape index (κ3) is 4.09. The second-order valence-electron chi connectivity index (χ2n) is 3.35. The molecule has 1 nitrogen and oxygen atoms in total. The number of likely N-dealkylation sites (tertiary alicyclic amines) is 1. The lowest BCUT2D eigenvalue weighted by Crippen LogP contribution is -2.42. The van der Waals surface area contributed by atoms with Crippen molar-refractivity contribution in [3.8, 4) is 0 Å². The van der Waals surface area contributed by atoms with Crippen LogP contribution in [0.2, 0.25) is 0 Å². The Morgan fingerprint density at radius 2 is 2.15 bits per heavy atom. The van der Waals surface area contributed by atoms with Crippen molar-refractivity contribution in [1.82, 2.24) is 4.90 Å². The van der Waals surface area contributed by atoms with E-state index in [4.69, 9.17) is 0 Å². The summed E-state index contributed by atoms with van der Waals surface area (Å²) < 4.78 is 25.8. The van der Waals surface area contributed by atoms with Gasteiger partial charge in [0.25, 0.3) is 5.92 Å². The SMILES string of the molecule is FC1(F)CCCN(C/C=C/CS)C1. The quantitative estimate of drug-likeness (QED) is 0.548. The third-order valence-electron chi connectivity index (χ3n) is 2.11. The van der Waals surface area contributed by atoms with Gasteiger partial charge in [0.15, 0.2) is 0 Å². The molecule has 13 heavy (non-hydrogen) atoms. The highest BCUT2D eigenvalue weighted by Gasteiger charge is 2.34. The van der Waals surface area contributed by atoms with Crippen LogP contribution in [0.25, 0.3) is 0 Å². The molecule has 1 aliphatic heterocycles. The summed E-state index contributed by atoms with van der Waals surface area (Å²) in [7, 11) is 0. The second-order valence-corrected chi connectivity index (χ2v) is 3.71. The Labute approximate surface area is 83.2 Å². The molecule has 0 unspecified atom stereocenters. The molecule has 1 saturated heterocycles. The molecule has 0 amide bonds. The Hall–Kier alpha value is -0.0900. The maximum Gasteiger partial charge on any atom is 0.260 e. The Morgan fingerprint density at radius 3 is 2.77 bits per heavy atom. The van der Waals surface area contributed by atoms with E-state index in [9.17, 15) is 8.78 Å². The molecule has 0 atom stereocenters. The average molecular weight is 207 g/mol. The first-order chi connectivity index (χ1) is 6.14. The predicted molar refractivity (Wildman–Crippen MR) is 53.6 cm³/mol. The first-order valence-corrected chi connectivity index (χ1v) is 5.13. The first-order valence-electron chi connectivity index (χ1n) is 4.50. The molecule has 1 heterocycles. The monoisotopic (exact) mass is 207 g/mol. The van der Waals surface area contributed by atoms with Gasteiger partial charge in [-0.3, -0.25) is 4.90 Å². The number of nitrogens with zero attached hydrogens (tertiary/aromatic N) is 1. The second kappa shape index (κ2) is 4.96. The molecule has 1 rings (SSSR count). The van der Waals surface area contributed by atoms with E-state index in [1.807, 2.05) is 12.2 Å². The molecular weight excluding hydrogens is 192 g/mol. The van der Waals surface area contributed by atoms with Crippen molar-refractivity contribution in [2.75, 3.05) is 25.4 Å². The lowest BCUT2D eigenvalue weighted by Gasteiger charge is -2.31. The van der Waals surface area contributed by atoms with Gasteiger partial charge in [0.1, 0.15) is 0 Å². The standard InChI is InChI=1S/C9H15F2NS/c10-9(11)4-3-6-12(8-9)5-1-2-7-13/h1-2,13H,3-8H2/b2-1+. The minimum atomic E-state index is -2.48. The summed E-state index contributed by atoms with van der Waals surface area (Å²) in [6, 6.07) is 0. The lowest BCUT2D eigenvalue weighted by atomic mass is 10.1. The van der Waals surface area contributed by atoms with Crippen LogP contribution in [0.1, 0.15) is 12.8 Å². The highest BCUT2D eigenvalue weighted by Crippen LogP contribution is 2.26. The van der Waals surface area contributed by atoms with Gasteiger partial charge < -0.3 is 0 Å². The number of rotatable bonds is 3. The van der Waals surface area contributed by atoms with Gasteiger partial charge in [-0.25, -0.2) is 8.78 Å². The van der Waals surface area contributed by atoms with E-state index in [-0.39, 0.29) is 13.0 Å². The fourth-order valence-corrected chi connectivity index (χ4v) is 1.65. The molecule has 0 bridgehead atoms. The molecule has 0 aliphatic carbocycles. The maximum atomic E-state index is 12.9. The summed E-state index contributed by atoms with van der Waals surface area (Å²) in [6.45, 7) is 1.31. The number of piperidine rings is 1. The molecule has 0 aromatic carbocycles. The Bertz CT molecular complexity index is 182. The van der Waals surface area contributed by atoms with Crippen molar-refractivity contribution < 1.29 is 8.78 Å². The number of halogens is 2. The molecule has 0 radical (unpaired) electrons. The smallest absolute Gasteiger partial charge is 0.260 e. The summed E-state index contributed by atoms with van der Waals surface area (Å²) in [5, 5.41) is 0. The third-order valence-corrected chi connectivity index (χ3v) is 2.32. The van der Waals surface area contributed by atoms with Crippen LogP contribution in [0.5, 0.6) is 0 Å². The van der Waals surface area contributed by atoms with Gasteiger partial charge in [0.2, 0.25) is 0 Å². The molecule has 4 heteroatoms. The number of thiol groups is 1. The molecule has 0 saturated carbocycles. The molecule has 0 N–H and O–H groups in total. The van der Waals surface area contributed by atoms with Gasteiger partial charge in [-0.1, -0.05) is 12.2 Å². The Morgan fingerprint density at radius 1 is 1.38 bits per heavy atom. The lowest BCUT2D eigenvalue weighted by molar-refractivity contribution is -0.0609. The highest BCUT2D eigenvalue weighted by molar-refractivity contribution is 7.80. The zero-order valence-corrected chi connectivity index (χ0v) is 8.44. The van der Waals surface area contributed by atoms with E-state index in [1.54, 1.807) is 4.90 Å². The molecule has 1 aliphatic rings. The fourth-order valence-electron chi connectivity index (χ4n) is 1.50. The van der Waals surface area contributed by atoms with Gasteiger partial charge in [-0.05, 0) is 13.0 Å². The molecule has 76 valence electrons. The van der Waals surface area contributed by atoms with Crippen LogP contribution in [-0.2, 0) is 0 Å². The minimum Gasteiger partial charge on any atom is -0.294 e. The molecule has 1 fully saturated rings. The van der Waals surface area contributed by atoms with Gasteiger partial charge in [0.05, 0.1) is 6.54 Å². The molecular formula is C9H15F2NS. The number of alkyl halides is 2. The molecule has 0 aromatic rings. The first kappa shape index (κ1) is 11.0. The van der Waals surface area contributed by atoms with Gasteiger partial charge >= 0.3 is 0 Å². The fraction of sp³-hybridized carbons (Fsp3) is 0.778. The van der Waals surface area contributed by atoms with Crippen LogP contribution < -0.4 is 0 Å². The van der Waals surface area contributed by atoms with Crippen LogP contribution in [-0.4, -0.2) is 36.2 Å². The van der Waals surface area contributed by atoms with Crippen molar-refractivity contribution in [2.24, 2.45) is 0 Å². The number of hydrogen-bond donors (Lipinski definition) is 1. The zero-order chi connectivity index (χ0) is 9.73. The largest absolute Gasteiger partial charge is 0.294 e. The zero-order valence-electron chi connectivity index (χ0n) is 7.55. The van der Waals surface area contributed by atoms with Crippen molar-refractivity contribution in [1.29, 1.82) is 0 Å². The summed E-state index contributed by atoms with van der Waals surface area (Å²) in [4.78, 5) is 1.78. The molecule has 0 spiro atoms. The van der Waals surface area contributed by atoms with E-state index in [0.29, 0.717) is 18.7 Å². The van der Waals surface area contributed by atoms with Crippen LogP contribution >= 0.6 is 12.6 Å². The van der Waals surface area contributed by atoms with Crippen LogP contribution in [0.4, 0.5) is 8.78 Å². The van der Waals surface area contributed by atoms with E-state index >= 15 is 0 Å². The molecule has 0 aromatic heterocycles. The van der Waals surface area contributed by atoms with Crippen LogP contribution in [0.15, 0.2) is 12.2 Å². The summed E-state index contributed by atoms with van der Waals surface area (Å²) in [5.41, 5.74) is 0. The highest BCUT2D eigenvalue weighted by atomic mass is 32.1. The predicted octanol–water partition coefficient (Wildman–Crippen LogP) is 2.20. The van der Waals surface area contributed by atoms with E-state index in [0.717, 1.165) is 6.54 Å². The van der Waals surface area contributed by atoms with E-state index in [1.165, 1.54) is 0 Å². The van der Waals surface area contributed by atoms with Crippen molar-refractivity contribution in [3.05, 3.63) is 12.2 Å². The van der Waals surface area contributed by atoms with Gasteiger partial charge in [0, 0.05) is 18.7 Å². The van der Waals surface area contributed by atoms with Crippen LogP contribution in [0.3, 0.4) is 0 Å². The topological polar surface area (TPSA) is 3.24 Å².